The Morgan fingerprint density at radius 3 is 2.49 bits per heavy atom. The molecule has 0 spiro atoms. The molecule has 3 aromatic carbocycles. The van der Waals surface area contributed by atoms with E-state index in [1.165, 1.54) is 11.1 Å². The summed E-state index contributed by atoms with van der Waals surface area (Å²) in [7, 11) is 0. The number of nitrogens with one attached hydrogen (secondary N) is 3. The van der Waals surface area contributed by atoms with Crippen molar-refractivity contribution in [1.82, 2.24) is 10.6 Å². The highest BCUT2D eigenvalue weighted by molar-refractivity contribution is 6.00. The first-order valence-corrected chi connectivity index (χ1v) is 13.9. The summed E-state index contributed by atoms with van der Waals surface area (Å²) in [6.07, 6.45) is 1.91. The molecule has 1 aliphatic heterocycles. The van der Waals surface area contributed by atoms with Crippen LogP contribution < -0.4 is 20.9 Å². The number of aliphatic hydroxyl groups is 1. The highest BCUT2D eigenvalue weighted by Crippen LogP contribution is 2.27. The Kier molecular flexibility index (Phi) is 10.1. The van der Waals surface area contributed by atoms with Gasteiger partial charge >= 0.3 is 0 Å². The molecule has 0 saturated carbocycles. The van der Waals surface area contributed by atoms with Gasteiger partial charge in [-0.05, 0) is 69.0 Å². The Labute approximate surface area is 231 Å². The summed E-state index contributed by atoms with van der Waals surface area (Å²) >= 11 is 0. The smallest absolute Gasteiger partial charge is 0.251 e. The quantitative estimate of drug-likeness (QED) is 0.251. The summed E-state index contributed by atoms with van der Waals surface area (Å²) < 4.78 is 0. The molecule has 1 aliphatic rings. The Bertz CT molecular complexity index is 1230. The normalized spacial score (nSPS) is 14.7. The molecule has 0 aromatic heterocycles. The summed E-state index contributed by atoms with van der Waals surface area (Å²) in [6, 6.07) is 23.3. The second kappa shape index (κ2) is 13.9. The minimum Gasteiger partial charge on any atom is -0.390 e. The molecule has 3 aromatic rings. The molecule has 0 bridgehead atoms. The lowest BCUT2D eigenvalue weighted by Crippen LogP contribution is -2.49. The lowest BCUT2D eigenvalue weighted by atomic mass is 10.00. The summed E-state index contributed by atoms with van der Waals surface area (Å²) in [5.41, 5.74) is 5.48. The molecule has 2 amide bonds. The van der Waals surface area contributed by atoms with Crippen LogP contribution in [0.4, 0.5) is 11.4 Å². The van der Waals surface area contributed by atoms with Crippen molar-refractivity contribution in [3.8, 4) is 0 Å². The number of hydrogen-bond acceptors (Lipinski definition) is 5. The molecule has 1 saturated heterocycles. The SMILES string of the molecule is CCNc1cc(C(=O)N[C@@H](Cc2ccccc2)[C@@H](O)CNCCc2ccc(C)cc2)cc(N2CCCC2=O)c1. The zero-order valence-corrected chi connectivity index (χ0v) is 23.0. The van der Waals surface area contributed by atoms with Crippen molar-refractivity contribution >= 4 is 23.2 Å². The van der Waals surface area contributed by atoms with Crippen LogP contribution in [-0.4, -0.2) is 55.2 Å². The minimum absolute atomic E-state index is 0.0732. The van der Waals surface area contributed by atoms with E-state index < -0.39 is 12.1 Å². The third-order valence-electron chi connectivity index (χ3n) is 7.09. The van der Waals surface area contributed by atoms with Crippen LogP contribution in [0.5, 0.6) is 0 Å². The molecule has 1 fully saturated rings. The Balaban J connectivity index is 1.46. The molecular weight excluding hydrogens is 488 g/mol. The van der Waals surface area contributed by atoms with Gasteiger partial charge in [0, 0.05) is 43.0 Å². The van der Waals surface area contributed by atoms with Gasteiger partial charge in [0.1, 0.15) is 0 Å². The van der Waals surface area contributed by atoms with Crippen molar-refractivity contribution in [2.24, 2.45) is 0 Å². The van der Waals surface area contributed by atoms with E-state index in [0.717, 1.165) is 36.3 Å². The fraction of sp³-hybridized carbons (Fsp3) is 0.375. The van der Waals surface area contributed by atoms with Crippen molar-refractivity contribution in [3.05, 3.63) is 95.1 Å². The molecule has 0 unspecified atom stereocenters. The third kappa shape index (κ3) is 8.15. The summed E-state index contributed by atoms with van der Waals surface area (Å²) in [5, 5.41) is 20.9. The van der Waals surface area contributed by atoms with Crippen molar-refractivity contribution in [2.45, 2.75) is 51.7 Å². The number of hydrogen-bond donors (Lipinski definition) is 4. The average molecular weight is 529 g/mol. The number of anilines is 2. The van der Waals surface area contributed by atoms with Gasteiger partial charge in [-0.15, -0.1) is 0 Å². The lowest BCUT2D eigenvalue weighted by molar-refractivity contribution is -0.117. The lowest BCUT2D eigenvalue weighted by Gasteiger charge is -2.25. The number of amides is 2. The number of benzene rings is 3. The molecule has 1 heterocycles. The van der Waals surface area contributed by atoms with E-state index in [2.05, 4.69) is 47.1 Å². The summed E-state index contributed by atoms with van der Waals surface area (Å²) in [4.78, 5) is 27.7. The van der Waals surface area contributed by atoms with Gasteiger partial charge in [-0.1, -0.05) is 60.2 Å². The van der Waals surface area contributed by atoms with Gasteiger partial charge in [0.2, 0.25) is 5.91 Å². The molecule has 206 valence electrons. The fourth-order valence-corrected chi connectivity index (χ4v) is 4.91. The molecule has 0 aliphatic carbocycles. The van der Waals surface area contributed by atoms with Crippen molar-refractivity contribution < 1.29 is 14.7 Å². The number of aryl methyl sites for hydroxylation is 1. The van der Waals surface area contributed by atoms with E-state index in [4.69, 9.17) is 0 Å². The van der Waals surface area contributed by atoms with Crippen molar-refractivity contribution in [1.29, 1.82) is 0 Å². The highest BCUT2D eigenvalue weighted by Gasteiger charge is 2.25. The number of aliphatic hydroxyl groups excluding tert-OH is 1. The van der Waals surface area contributed by atoms with Gasteiger partial charge in [0.25, 0.3) is 5.91 Å². The van der Waals surface area contributed by atoms with E-state index in [9.17, 15) is 14.7 Å². The van der Waals surface area contributed by atoms with Gasteiger partial charge in [-0.2, -0.15) is 0 Å². The van der Waals surface area contributed by atoms with Gasteiger partial charge < -0.3 is 26.0 Å². The van der Waals surface area contributed by atoms with Crippen molar-refractivity contribution in [3.63, 3.8) is 0 Å². The van der Waals surface area contributed by atoms with Crippen LogP contribution in [0.1, 0.15) is 46.8 Å². The minimum atomic E-state index is -0.788. The Hall–Kier alpha value is -3.68. The van der Waals surface area contributed by atoms with Crippen LogP contribution in [0.3, 0.4) is 0 Å². The zero-order chi connectivity index (χ0) is 27.6. The van der Waals surface area contributed by atoms with Crippen LogP contribution in [0, 0.1) is 6.92 Å². The van der Waals surface area contributed by atoms with E-state index in [1.54, 1.807) is 17.0 Å². The molecule has 39 heavy (non-hydrogen) atoms. The molecule has 7 heteroatoms. The maximum Gasteiger partial charge on any atom is 0.251 e. The maximum absolute atomic E-state index is 13.5. The number of rotatable bonds is 13. The Morgan fingerprint density at radius 2 is 1.79 bits per heavy atom. The van der Waals surface area contributed by atoms with Crippen LogP contribution in [-0.2, 0) is 17.6 Å². The first-order chi connectivity index (χ1) is 18.9. The van der Waals surface area contributed by atoms with E-state index in [1.807, 2.05) is 43.3 Å². The predicted octanol–water partition coefficient (Wildman–Crippen LogP) is 4.09. The van der Waals surface area contributed by atoms with E-state index >= 15 is 0 Å². The van der Waals surface area contributed by atoms with Crippen LogP contribution in [0.15, 0.2) is 72.8 Å². The molecule has 4 rings (SSSR count). The average Bonchev–Trinajstić information content (AvgIpc) is 3.38. The number of carbonyl (C=O) groups excluding carboxylic acids is 2. The zero-order valence-electron chi connectivity index (χ0n) is 23.0. The highest BCUT2D eigenvalue weighted by atomic mass is 16.3. The van der Waals surface area contributed by atoms with Crippen LogP contribution in [0.25, 0.3) is 0 Å². The van der Waals surface area contributed by atoms with Crippen LogP contribution in [0.2, 0.25) is 0 Å². The first-order valence-electron chi connectivity index (χ1n) is 13.9. The topological polar surface area (TPSA) is 93.7 Å². The van der Waals surface area contributed by atoms with Crippen LogP contribution >= 0.6 is 0 Å². The monoisotopic (exact) mass is 528 g/mol. The van der Waals surface area contributed by atoms with Gasteiger partial charge in [-0.3, -0.25) is 9.59 Å². The van der Waals surface area contributed by atoms with E-state index in [0.29, 0.717) is 38.0 Å². The van der Waals surface area contributed by atoms with Crippen molar-refractivity contribution in [2.75, 3.05) is 36.4 Å². The summed E-state index contributed by atoms with van der Waals surface area (Å²) in [6.45, 7) is 6.49. The molecule has 4 N–H and O–H groups in total. The van der Waals surface area contributed by atoms with Gasteiger partial charge in [0.15, 0.2) is 0 Å². The fourth-order valence-electron chi connectivity index (χ4n) is 4.91. The predicted molar refractivity (Wildman–Crippen MR) is 157 cm³/mol. The van der Waals surface area contributed by atoms with E-state index in [-0.39, 0.29) is 11.8 Å². The molecular formula is C32H40N4O3. The van der Waals surface area contributed by atoms with Gasteiger partial charge in [-0.25, -0.2) is 0 Å². The molecule has 0 radical (unpaired) electrons. The third-order valence-corrected chi connectivity index (χ3v) is 7.09. The standard InChI is InChI=1S/C32H40N4O3/c1-3-34-27-19-26(20-28(21-27)36-17-7-10-31(36)38)32(39)35-29(18-25-8-5-4-6-9-25)30(37)22-33-16-15-24-13-11-23(2)12-14-24/h4-6,8-9,11-14,19-21,29-30,33-34,37H,3,7,10,15-18,22H2,1-2H3,(H,35,39)/t29-,30-/m0/s1. The number of nitrogens with zero attached hydrogens (tertiary/aromatic N) is 1. The second-order valence-corrected chi connectivity index (χ2v) is 10.2. The molecule has 7 nitrogen and oxygen atoms in total. The number of carbonyl (C=O) groups is 2. The van der Waals surface area contributed by atoms with Gasteiger partial charge in [0.05, 0.1) is 12.1 Å². The largest absolute Gasteiger partial charge is 0.390 e. The first kappa shape index (κ1) is 28.3. The maximum atomic E-state index is 13.5. The summed E-state index contributed by atoms with van der Waals surface area (Å²) in [5.74, 6) is -0.202. The Morgan fingerprint density at radius 1 is 1.03 bits per heavy atom. The molecule has 2 atom stereocenters. The second-order valence-electron chi connectivity index (χ2n) is 10.2.